The largest absolute Gasteiger partial charge is 0.341 e. The molecule has 28 heavy (non-hydrogen) atoms. The second-order valence-corrected chi connectivity index (χ2v) is 7.92. The highest BCUT2D eigenvalue weighted by Gasteiger charge is 2.15. The highest BCUT2D eigenvalue weighted by atomic mass is 35.5. The van der Waals surface area contributed by atoms with Gasteiger partial charge in [-0.15, -0.1) is 0 Å². The van der Waals surface area contributed by atoms with Gasteiger partial charge < -0.3 is 4.90 Å². The molecule has 0 unspecified atom stereocenters. The first-order valence-corrected chi connectivity index (χ1v) is 10.5. The summed E-state index contributed by atoms with van der Waals surface area (Å²) in [6.45, 7) is 3.11. The van der Waals surface area contributed by atoms with E-state index < -0.39 is 0 Å². The van der Waals surface area contributed by atoms with Gasteiger partial charge in [0.05, 0.1) is 16.7 Å². The molecular weight excluding hydrogens is 394 g/mol. The summed E-state index contributed by atoms with van der Waals surface area (Å²) in [6, 6.07) is 14.9. The Hall–Kier alpha value is -2.31. The van der Waals surface area contributed by atoms with Gasteiger partial charge in [0, 0.05) is 25.2 Å². The molecule has 1 amide bonds. The number of halogens is 1. The first kappa shape index (κ1) is 20.4. The van der Waals surface area contributed by atoms with Crippen LogP contribution in [-0.2, 0) is 17.9 Å². The van der Waals surface area contributed by atoms with Crippen LogP contribution in [0.4, 0.5) is 0 Å². The van der Waals surface area contributed by atoms with Crippen LogP contribution < -0.4 is 5.56 Å². The topological polar surface area (TPSA) is 55.2 Å². The molecule has 5 nitrogen and oxygen atoms in total. The lowest BCUT2D eigenvalue weighted by molar-refractivity contribution is -0.127. The van der Waals surface area contributed by atoms with Gasteiger partial charge in [-0.25, -0.2) is 4.98 Å². The van der Waals surface area contributed by atoms with E-state index in [4.69, 9.17) is 11.6 Å². The number of rotatable bonds is 7. The normalized spacial score (nSPS) is 11.0. The summed E-state index contributed by atoms with van der Waals surface area (Å²) in [7, 11) is 1.78. The van der Waals surface area contributed by atoms with Crippen LogP contribution in [0, 0.1) is 0 Å². The van der Waals surface area contributed by atoms with E-state index in [2.05, 4.69) is 4.98 Å². The average molecular weight is 416 g/mol. The molecule has 0 aliphatic heterocycles. The van der Waals surface area contributed by atoms with E-state index >= 15 is 0 Å². The quantitative estimate of drug-likeness (QED) is 0.428. The minimum absolute atomic E-state index is 0.0164. The minimum Gasteiger partial charge on any atom is -0.341 e. The number of carbonyl (C=O) groups excluding carboxylic acids is 1. The van der Waals surface area contributed by atoms with Crippen molar-refractivity contribution in [3.05, 3.63) is 69.5 Å². The number of hydrogen-bond acceptors (Lipinski definition) is 4. The van der Waals surface area contributed by atoms with Crippen LogP contribution >= 0.6 is 23.4 Å². The molecule has 0 aliphatic carbocycles. The van der Waals surface area contributed by atoms with Crippen LogP contribution in [0.1, 0.15) is 18.9 Å². The van der Waals surface area contributed by atoms with Crippen LogP contribution in [0.5, 0.6) is 0 Å². The fourth-order valence-electron chi connectivity index (χ4n) is 2.89. The predicted molar refractivity (Wildman–Crippen MR) is 115 cm³/mol. The fraction of sp³-hybridized carbons (Fsp3) is 0.286. The first-order chi connectivity index (χ1) is 13.5. The Kier molecular flexibility index (Phi) is 6.75. The minimum atomic E-state index is -0.101. The summed E-state index contributed by atoms with van der Waals surface area (Å²) >= 11 is 7.34. The summed E-state index contributed by atoms with van der Waals surface area (Å²) in [5, 5.41) is 1.61. The van der Waals surface area contributed by atoms with Crippen LogP contribution in [-0.4, -0.2) is 33.2 Å². The molecule has 0 fully saturated rings. The maximum atomic E-state index is 12.8. The molecule has 146 valence electrons. The zero-order valence-corrected chi connectivity index (χ0v) is 17.5. The number of thioether (sulfide) groups is 1. The van der Waals surface area contributed by atoms with Gasteiger partial charge in [0.25, 0.3) is 5.56 Å². The van der Waals surface area contributed by atoms with E-state index in [0.717, 1.165) is 12.0 Å². The number of aromatic nitrogens is 2. The van der Waals surface area contributed by atoms with E-state index in [-0.39, 0.29) is 17.2 Å². The number of carbonyl (C=O) groups is 1. The number of amides is 1. The van der Waals surface area contributed by atoms with Crippen LogP contribution in [0.3, 0.4) is 0 Å². The second kappa shape index (κ2) is 9.26. The van der Waals surface area contributed by atoms with E-state index in [0.29, 0.717) is 34.2 Å². The van der Waals surface area contributed by atoms with Gasteiger partial charge in [-0.05, 0) is 30.2 Å². The lowest BCUT2D eigenvalue weighted by Gasteiger charge is -2.18. The standard InChI is InChI=1S/C21H22ClN3O2S/c1-3-11-25-20(27)17-10-9-16(22)12-18(17)23-21(25)28-14-19(26)24(2)13-15-7-5-4-6-8-15/h4-10,12H,3,11,13-14H2,1-2H3. The number of benzene rings is 2. The van der Waals surface area contributed by atoms with Crippen molar-refractivity contribution in [1.29, 1.82) is 0 Å². The first-order valence-electron chi connectivity index (χ1n) is 9.10. The molecule has 3 aromatic rings. The molecule has 0 aliphatic rings. The Morgan fingerprint density at radius 2 is 1.96 bits per heavy atom. The molecule has 0 N–H and O–H groups in total. The fourth-order valence-corrected chi connectivity index (χ4v) is 4.02. The third-order valence-corrected chi connectivity index (χ3v) is 5.54. The Labute approximate surface area is 173 Å². The van der Waals surface area contributed by atoms with E-state index in [1.165, 1.54) is 11.8 Å². The van der Waals surface area contributed by atoms with Crippen molar-refractivity contribution in [3.8, 4) is 0 Å². The smallest absolute Gasteiger partial charge is 0.262 e. The van der Waals surface area contributed by atoms with Crippen LogP contribution in [0.25, 0.3) is 10.9 Å². The molecule has 2 aromatic carbocycles. The Balaban J connectivity index is 1.79. The molecule has 0 saturated carbocycles. The third-order valence-electron chi connectivity index (χ3n) is 4.34. The van der Waals surface area contributed by atoms with Gasteiger partial charge in [0.1, 0.15) is 0 Å². The van der Waals surface area contributed by atoms with Gasteiger partial charge in [-0.1, -0.05) is 60.6 Å². The maximum absolute atomic E-state index is 12.8. The Bertz CT molecular complexity index is 1040. The molecule has 1 aromatic heterocycles. The van der Waals surface area contributed by atoms with Crippen LogP contribution in [0.15, 0.2) is 58.5 Å². The van der Waals surface area contributed by atoms with Crippen molar-refractivity contribution in [2.75, 3.05) is 12.8 Å². The molecule has 1 heterocycles. The maximum Gasteiger partial charge on any atom is 0.262 e. The van der Waals surface area contributed by atoms with Crippen molar-refractivity contribution in [2.45, 2.75) is 31.6 Å². The zero-order valence-electron chi connectivity index (χ0n) is 15.9. The summed E-state index contributed by atoms with van der Waals surface area (Å²) in [6.07, 6.45) is 0.802. The average Bonchev–Trinajstić information content (AvgIpc) is 2.69. The van der Waals surface area contributed by atoms with Crippen molar-refractivity contribution in [3.63, 3.8) is 0 Å². The molecule has 0 atom stereocenters. The zero-order chi connectivity index (χ0) is 20.1. The highest BCUT2D eigenvalue weighted by molar-refractivity contribution is 7.99. The molecular formula is C21H22ClN3O2S. The van der Waals surface area contributed by atoms with E-state index in [9.17, 15) is 9.59 Å². The number of nitrogens with zero attached hydrogens (tertiary/aromatic N) is 3. The molecule has 0 radical (unpaired) electrons. The van der Waals surface area contributed by atoms with Gasteiger partial charge in [0.2, 0.25) is 5.91 Å². The number of hydrogen-bond donors (Lipinski definition) is 0. The molecule has 3 rings (SSSR count). The SMILES string of the molecule is CCCn1c(SCC(=O)N(C)Cc2ccccc2)nc2cc(Cl)ccc2c1=O. The van der Waals surface area contributed by atoms with Crippen LogP contribution in [0.2, 0.25) is 5.02 Å². The van der Waals surface area contributed by atoms with Crippen molar-refractivity contribution in [2.24, 2.45) is 0 Å². The Morgan fingerprint density at radius 3 is 2.68 bits per heavy atom. The Morgan fingerprint density at radius 1 is 1.21 bits per heavy atom. The summed E-state index contributed by atoms with van der Waals surface area (Å²) < 4.78 is 1.64. The van der Waals surface area contributed by atoms with Crippen molar-refractivity contribution >= 4 is 40.2 Å². The van der Waals surface area contributed by atoms with Gasteiger partial charge >= 0.3 is 0 Å². The van der Waals surface area contributed by atoms with Gasteiger partial charge in [-0.2, -0.15) is 0 Å². The molecule has 7 heteroatoms. The highest BCUT2D eigenvalue weighted by Crippen LogP contribution is 2.21. The van der Waals surface area contributed by atoms with Gasteiger partial charge in [0.15, 0.2) is 5.16 Å². The van der Waals surface area contributed by atoms with E-state index in [1.807, 2.05) is 37.3 Å². The summed E-state index contributed by atoms with van der Waals surface area (Å²) in [5.74, 6) is 0.197. The van der Waals surface area contributed by atoms with E-state index in [1.54, 1.807) is 34.7 Å². The lowest BCUT2D eigenvalue weighted by Crippen LogP contribution is -2.29. The molecule has 0 spiro atoms. The molecule has 0 bridgehead atoms. The van der Waals surface area contributed by atoms with Crippen molar-refractivity contribution < 1.29 is 4.79 Å². The van der Waals surface area contributed by atoms with Crippen molar-refractivity contribution in [1.82, 2.24) is 14.5 Å². The monoisotopic (exact) mass is 415 g/mol. The summed E-state index contributed by atoms with van der Waals surface area (Å²) in [4.78, 5) is 31.7. The lowest BCUT2D eigenvalue weighted by atomic mass is 10.2. The second-order valence-electron chi connectivity index (χ2n) is 6.54. The predicted octanol–water partition coefficient (Wildman–Crippen LogP) is 4.21. The number of fused-ring (bicyclic) bond motifs is 1. The third kappa shape index (κ3) is 4.75. The molecule has 0 saturated heterocycles. The van der Waals surface area contributed by atoms with Gasteiger partial charge in [-0.3, -0.25) is 14.2 Å². The summed E-state index contributed by atoms with van der Waals surface area (Å²) in [5.41, 5.74) is 1.53.